The predicted octanol–water partition coefficient (Wildman–Crippen LogP) is 5.44. The summed E-state index contributed by atoms with van der Waals surface area (Å²) in [5.74, 6) is 0.461. The lowest BCUT2D eigenvalue weighted by molar-refractivity contribution is -0.128. The first-order valence-corrected chi connectivity index (χ1v) is 13.9. The van der Waals surface area contributed by atoms with E-state index in [1.165, 1.54) is 41.5 Å². The maximum atomic E-state index is 14.0. The summed E-state index contributed by atoms with van der Waals surface area (Å²) >= 11 is 3.08. The number of thioether (sulfide) groups is 1. The fourth-order valence-corrected chi connectivity index (χ4v) is 7.20. The van der Waals surface area contributed by atoms with E-state index < -0.39 is 0 Å². The van der Waals surface area contributed by atoms with Gasteiger partial charge in [0.2, 0.25) is 5.91 Å². The first kappa shape index (κ1) is 22.7. The van der Waals surface area contributed by atoms with E-state index in [1.807, 2.05) is 18.7 Å². The van der Waals surface area contributed by atoms with E-state index in [9.17, 15) is 9.59 Å². The van der Waals surface area contributed by atoms with Crippen molar-refractivity contribution >= 4 is 39.2 Å². The summed E-state index contributed by atoms with van der Waals surface area (Å²) in [6.07, 6.45) is 8.85. The third-order valence-electron chi connectivity index (χ3n) is 6.85. The molecule has 1 fully saturated rings. The van der Waals surface area contributed by atoms with Gasteiger partial charge in [0, 0.05) is 18.0 Å². The number of hydrogen-bond donors (Lipinski definition) is 0. The first-order chi connectivity index (χ1) is 16.0. The van der Waals surface area contributed by atoms with Crippen LogP contribution in [0.25, 0.3) is 15.9 Å². The van der Waals surface area contributed by atoms with Gasteiger partial charge in [0.15, 0.2) is 5.16 Å². The highest BCUT2D eigenvalue weighted by Crippen LogP contribution is 2.35. The van der Waals surface area contributed by atoms with Crippen LogP contribution < -0.4 is 5.56 Å². The molecule has 0 atom stereocenters. The number of likely N-dealkylation sites (tertiary alicyclic amines) is 1. The summed E-state index contributed by atoms with van der Waals surface area (Å²) in [6, 6.07) is 6.18. The van der Waals surface area contributed by atoms with Crippen LogP contribution in [-0.4, -0.2) is 39.2 Å². The zero-order chi connectivity index (χ0) is 22.9. The average molecular weight is 482 g/mol. The fraction of sp³-hybridized carbons (Fsp3) is 0.500. The van der Waals surface area contributed by atoms with Crippen molar-refractivity contribution in [2.45, 2.75) is 70.4 Å². The molecule has 0 unspecified atom stereocenters. The summed E-state index contributed by atoms with van der Waals surface area (Å²) in [6.45, 7) is 5.76. The van der Waals surface area contributed by atoms with Crippen molar-refractivity contribution in [1.29, 1.82) is 0 Å². The summed E-state index contributed by atoms with van der Waals surface area (Å²) < 4.78 is 1.77. The van der Waals surface area contributed by atoms with Crippen molar-refractivity contribution in [3.8, 4) is 5.69 Å². The second-order valence-electron chi connectivity index (χ2n) is 9.30. The number of nitrogens with zero attached hydrogens (tertiary/aromatic N) is 3. The first-order valence-electron chi connectivity index (χ1n) is 12.1. The van der Waals surface area contributed by atoms with Gasteiger partial charge in [0.1, 0.15) is 4.83 Å². The Morgan fingerprint density at radius 3 is 2.61 bits per heavy atom. The van der Waals surface area contributed by atoms with Gasteiger partial charge in [-0.15, -0.1) is 11.3 Å². The molecule has 1 aliphatic carbocycles. The molecule has 3 aromatic rings. The minimum atomic E-state index is 0.0119. The van der Waals surface area contributed by atoms with Crippen LogP contribution in [0.15, 0.2) is 28.2 Å². The Hall–Kier alpha value is -2.12. The Bertz CT molecular complexity index is 1250. The number of thiophene rings is 1. The highest BCUT2D eigenvalue weighted by Gasteiger charge is 2.24. The molecule has 1 aliphatic heterocycles. The molecular weight excluding hydrogens is 450 g/mol. The van der Waals surface area contributed by atoms with Crippen LogP contribution in [0.4, 0.5) is 0 Å². The summed E-state index contributed by atoms with van der Waals surface area (Å²) in [5.41, 5.74) is 4.22. The third-order valence-corrected chi connectivity index (χ3v) is 8.96. The monoisotopic (exact) mass is 481 g/mol. The molecule has 7 heteroatoms. The van der Waals surface area contributed by atoms with Crippen LogP contribution in [-0.2, 0) is 17.6 Å². The number of aryl methyl sites for hydroxylation is 4. The van der Waals surface area contributed by atoms with E-state index in [1.54, 1.807) is 15.9 Å². The summed E-state index contributed by atoms with van der Waals surface area (Å²) in [7, 11) is 0. The highest BCUT2D eigenvalue weighted by atomic mass is 32.2. The van der Waals surface area contributed by atoms with Crippen molar-refractivity contribution in [2.24, 2.45) is 0 Å². The largest absolute Gasteiger partial charge is 0.342 e. The van der Waals surface area contributed by atoms with Gasteiger partial charge in [-0.2, -0.15) is 0 Å². The van der Waals surface area contributed by atoms with Crippen molar-refractivity contribution in [2.75, 3.05) is 18.8 Å². The maximum Gasteiger partial charge on any atom is 0.267 e. The molecule has 2 aromatic heterocycles. The van der Waals surface area contributed by atoms with Gasteiger partial charge < -0.3 is 4.90 Å². The second kappa shape index (κ2) is 9.63. The molecule has 0 saturated carbocycles. The molecule has 5 rings (SSSR count). The van der Waals surface area contributed by atoms with Crippen LogP contribution in [0.1, 0.15) is 60.1 Å². The fourth-order valence-electron chi connectivity index (χ4n) is 4.99. The molecular formula is C26H31N3O2S2. The number of benzene rings is 1. The predicted molar refractivity (Wildman–Crippen MR) is 137 cm³/mol. The van der Waals surface area contributed by atoms with Crippen LogP contribution in [0.2, 0.25) is 0 Å². The van der Waals surface area contributed by atoms with Crippen LogP contribution in [0.3, 0.4) is 0 Å². The van der Waals surface area contributed by atoms with E-state index in [2.05, 4.69) is 18.2 Å². The molecule has 1 amide bonds. The SMILES string of the molecule is Cc1ccc(C)c(-n2c(SCC(=O)N3CCCCCC3)nc3sc4c(c3c2=O)CCCC4)c1. The molecule has 33 heavy (non-hydrogen) atoms. The van der Waals surface area contributed by atoms with Gasteiger partial charge in [-0.05, 0) is 75.1 Å². The number of aromatic nitrogens is 2. The van der Waals surface area contributed by atoms with Gasteiger partial charge in [0.25, 0.3) is 5.56 Å². The van der Waals surface area contributed by atoms with E-state index in [0.29, 0.717) is 10.9 Å². The lowest BCUT2D eigenvalue weighted by Crippen LogP contribution is -2.33. The lowest BCUT2D eigenvalue weighted by atomic mass is 9.97. The maximum absolute atomic E-state index is 14.0. The Balaban J connectivity index is 1.58. The molecule has 0 bridgehead atoms. The Kier molecular flexibility index (Phi) is 6.61. The van der Waals surface area contributed by atoms with Crippen LogP contribution in [0.5, 0.6) is 0 Å². The van der Waals surface area contributed by atoms with E-state index in [-0.39, 0.29) is 11.5 Å². The zero-order valence-corrected chi connectivity index (χ0v) is 21.1. The zero-order valence-electron chi connectivity index (χ0n) is 19.5. The van der Waals surface area contributed by atoms with E-state index in [0.717, 1.165) is 72.2 Å². The molecule has 174 valence electrons. The Morgan fingerprint density at radius 2 is 1.82 bits per heavy atom. The van der Waals surface area contributed by atoms with Crippen LogP contribution >= 0.6 is 23.1 Å². The number of amides is 1. The molecule has 1 saturated heterocycles. The topological polar surface area (TPSA) is 55.2 Å². The van der Waals surface area contributed by atoms with Crippen molar-refractivity contribution < 1.29 is 4.79 Å². The molecule has 0 radical (unpaired) electrons. The Labute approximate surface area is 203 Å². The van der Waals surface area contributed by atoms with E-state index in [4.69, 9.17) is 4.98 Å². The second-order valence-corrected chi connectivity index (χ2v) is 11.3. The van der Waals surface area contributed by atoms with Gasteiger partial charge in [0.05, 0.1) is 16.8 Å². The summed E-state index contributed by atoms with van der Waals surface area (Å²) in [5, 5.41) is 1.42. The third kappa shape index (κ3) is 4.50. The molecule has 0 N–H and O–H groups in total. The molecule has 5 nitrogen and oxygen atoms in total. The average Bonchev–Trinajstić information content (AvgIpc) is 2.97. The van der Waals surface area contributed by atoms with Crippen molar-refractivity contribution in [3.05, 3.63) is 50.1 Å². The minimum Gasteiger partial charge on any atom is -0.342 e. The van der Waals surface area contributed by atoms with Gasteiger partial charge in [-0.3, -0.25) is 14.2 Å². The standard InChI is InChI=1S/C26H31N3O2S2/c1-17-11-12-18(2)20(15-17)29-25(31)23-19-9-5-6-10-21(19)33-24(23)27-26(29)32-16-22(30)28-13-7-3-4-8-14-28/h11-12,15H,3-10,13-14,16H2,1-2H3. The normalized spacial score (nSPS) is 16.6. The summed E-state index contributed by atoms with van der Waals surface area (Å²) in [4.78, 5) is 36.1. The van der Waals surface area contributed by atoms with Crippen molar-refractivity contribution in [3.63, 3.8) is 0 Å². The Morgan fingerprint density at radius 1 is 1.06 bits per heavy atom. The number of fused-ring (bicyclic) bond motifs is 3. The van der Waals surface area contributed by atoms with Crippen LogP contribution in [0, 0.1) is 13.8 Å². The van der Waals surface area contributed by atoms with Gasteiger partial charge >= 0.3 is 0 Å². The molecule has 0 spiro atoms. The number of rotatable bonds is 4. The van der Waals surface area contributed by atoms with E-state index >= 15 is 0 Å². The smallest absolute Gasteiger partial charge is 0.267 e. The number of hydrogen-bond acceptors (Lipinski definition) is 5. The lowest BCUT2D eigenvalue weighted by Gasteiger charge is -2.20. The minimum absolute atomic E-state index is 0.0119. The number of carbonyl (C=O) groups is 1. The molecule has 1 aromatic carbocycles. The van der Waals surface area contributed by atoms with Gasteiger partial charge in [-0.25, -0.2) is 4.98 Å². The van der Waals surface area contributed by atoms with Gasteiger partial charge in [-0.1, -0.05) is 36.7 Å². The molecule has 3 heterocycles. The molecule has 2 aliphatic rings. The quantitative estimate of drug-likeness (QED) is 0.368. The van der Waals surface area contributed by atoms with Crippen molar-refractivity contribution in [1.82, 2.24) is 14.5 Å². The number of carbonyl (C=O) groups excluding carboxylic acids is 1. The highest BCUT2D eigenvalue weighted by molar-refractivity contribution is 7.99.